The highest BCUT2D eigenvalue weighted by Gasteiger charge is 2.35. The molecule has 3 aliphatic rings. The highest BCUT2D eigenvalue weighted by Crippen LogP contribution is 2.42. The Morgan fingerprint density at radius 1 is 1.00 bits per heavy atom. The number of hydrogen-bond acceptors (Lipinski definition) is 1. The second kappa shape index (κ2) is 4.97. The van der Waals surface area contributed by atoms with Gasteiger partial charge in [-0.1, -0.05) is 54.6 Å². The molecule has 1 aliphatic heterocycles. The van der Waals surface area contributed by atoms with E-state index in [1.54, 1.807) is 0 Å². The summed E-state index contributed by atoms with van der Waals surface area (Å²) in [5, 5.41) is 11.1. The first kappa shape index (κ1) is 14.0. The Morgan fingerprint density at radius 3 is 2.74 bits per heavy atom. The molecule has 0 unspecified atom stereocenters. The molecule has 2 aromatic rings. The van der Waals surface area contributed by atoms with E-state index in [9.17, 15) is 0 Å². The van der Waals surface area contributed by atoms with Crippen molar-refractivity contribution in [3.8, 4) is 0 Å². The molecule has 0 radical (unpaired) electrons. The predicted molar refractivity (Wildman–Crippen MR) is 98.6 cm³/mol. The van der Waals surface area contributed by atoms with E-state index in [4.69, 9.17) is 5.41 Å². The van der Waals surface area contributed by atoms with Gasteiger partial charge in [-0.3, -0.25) is 5.41 Å². The van der Waals surface area contributed by atoms with Gasteiger partial charge in [-0.2, -0.15) is 0 Å². The summed E-state index contributed by atoms with van der Waals surface area (Å²) in [6, 6.07) is 14.7. The third-order valence-electron chi connectivity index (χ3n) is 4.66. The number of fused-ring (bicyclic) bond motifs is 3. The third-order valence-corrected chi connectivity index (χ3v) is 4.66. The number of allylic oxidation sites excluding steroid dienone is 6. The van der Waals surface area contributed by atoms with Crippen LogP contribution in [0.3, 0.4) is 0 Å². The Balaban J connectivity index is 0.00000135. The minimum absolute atomic E-state index is 0. The molecular weight excluding hydrogens is 304 g/mol. The molecule has 0 saturated carbocycles. The van der Waals surface area contributed by atoms with E-state index in [2.05, 4.69) is 71.7 Å². The number of hydrogen-bond donors (Lipinski definition) is 1. The van der Waals surface area contributed by atoms with Crippen LogP contribution in [0.5, 0.6) is 0 Å². The van der Waals surface area contributed by atoms with Gasteiger partial charge in [-0.25, -0.2) is 0 Å². The summed E-state index contributed by atoms with van der Waals surface area (Å²) in [7, 11) is 0. The first-order valence-electron chi connectivity index (χ1n) is 7.51. The Bertz CT molecular complexity index is 971. The van der Waals surface area contributed by atoms with Crippen molar-refractivity contribution in [1.29, 1.82) is 5.41 Å². The van der Waals surface area contributed by atoms with Crippen molar-refractivity contribution in [3.63, 3.8) is 0 Å². The van der Waals surface area contributed by atoms with Crippen molar-refractivity contribution in [3.05, 3.63) is 89.1 Å². The number of nitrogens with zero attached hydrogens (tertiary/aromatic N) is 1. The lowest BCUT2D eigenvalue weighted by atomic mass is 10.1. The van der Waals surface area contributed by atoms with Crippen LogP contribution in [0.15, 0.2) is 89.1 Å². The van der Waals surface area contributed by atoms with Crippen LogP contribution >= 0.6 is 12.4 Å². The maximum absolute atomic E-state index is 8.66. The van der Waals surface area contributed by atoms with E-state index in [1.807, 2.05) is 0 Å². The lowest BCUT2D eigenvalue weighted by molar-refractivity contribution is 1.15. The minimum Gasteiger partial charge on any atom is -0.321 e. The maximum atomic E-state index is 8.66. The van der Waals surface area contributed by atoms with Gasteiger partial charge in [0.25, 0.3) is 0 Å². The van der Waals surface area contributed by atoms with Gasteiger partial charge < -0.3 is 4.90 Å². The Kier molecular flexibility index (Phi) is 3.03. The smallest absolute Gasteiger partial charge is 0.133 e. The molecule has 3 heteroatoms. The van der Waals surface area contributed by atoms with Crippen LogP contribution in [0.25, 0.3) is 10.8 Å². The van der Waals surface area contributed by atoms with Crippen LogP contribution in [0.1, 0.15) is 0 Å². The number of rotatable bonds is 1. The first-order valence-corrected chi connectivity index (χ1v) is 7.51. The molecule has 0 spiro atoms. The zero-order chi connectivity index (χ0) is 14.7. The molecular formula is C20H15ClN2. The van der Waals surface area contributed by atoms with Crippen molar-refractivity contribution < 1.29 is 0 Å². The van der Waals surface area contributed by atoms with Gasteiger partial charge in [0.15, 0.2) is 0 Å². The van der Waals surface area contributed by atoms with Crippen molar-refractivity contribution in [2.24, 2.45) is 0 Å². The van der Waals surface area contributed by atoms with E-state index in [1.165, 1.54) is 27.5 Å². The van der Waals surface area contributed by atoms with Crippen LogP contribution in [-0.2, 0) is 0 Å². The maximum Gasteiger partial charge on any atom is 0.133 e. The van der Waals surface area contributed by atoms with Gasteiger partial charge in [0.05, 0.1) is 12.2 Å². The van der Waals surface area contributed by atoms with E-state index >= 15 is 0 Å². The molecule has 2 aromatic carbocycles. The summed E-state index contributed by atoms with van der Waals surface area (Å²) in [4.78, 5) is 2.12. The summed E-state index contributed by atoms with van der Waals surface area (Å²) in [5.41, 5.74) is 5.96. The van der Waals surface area contributed by atoms with Crippen LogP contribution < -0.4 is 4.90 Å². The van der Waals surface area contributed by atoms with Gasteiger partial charge >= 0.3 is 0 Å². The normalized spacial score (nSPS) is 18.1. The standard InChI is InChI=1S/C20H14N2.ClH/c21-20-19-15(11-14-7-3-9-17(14)19)12-22(20)18-10-4-6-13-5-1-2-8-16(13)18;/h1-11,21H,12H2;1H. The van der Waals surface area contributed by atoms with E-state index in [0.717, 1.165) is 17.8 Å². The number of nitrogens with one attached hydrogen (secondary N) is 1. The lowest BCUT2D eigenvalue weighted by Gasteiger charge is -2.20. The van der Waals surface area contributed by atoms with Crippen molar-refractivity contribution in [1.82, 2.24) is 0 Å². The minimum atomic E-state index is 0. The lowest BCUT2D eigenvalue weighted by Crippen LogP contribution is -2.24. The summed E-state index contributed by atoms with van der Waals surface area (Å²) in [6.45, 7) is 0.789. The van der Waals surface area contributed by atoms with Crippen molar-refractivity contribution in [2.45, 2.75) is 0 Å². The monoisotopic (exact) mass is 318 g/mol. The fourth-order valence-corrected chi connectivity index (χ4v) is 3.66. The third kappa shape index (κ3) is 1.85. The molecule has 1 fully saturated rings. The molecule has 2 nitrogen and oxygen atoms in total. The highest BCUT2D eigenvalue weighted by molar-refractivity contribution is 6.19. The van der Waals surface area contributed by atoms with Crippen LogP contribution in [0.2, 0.25) is 0 Å². The number of benzene rings is 2. The average molecular weight is 319 g/mol. The molecule has 5 rings (SSSR count). The Labute approximate surface area is 141 Å². The van der Waals surface area contributed by atoms with E-state index in [-0.39, 0.29) is 12.4 Å². The molecule has 0 atom stereocenters. The average Bonchev–Trinajstić information content (AvgIpc) is 3.19. The predicted octanol–water partition coefficient (Wildman–Crippen LogP) is 4.79. The first-order chi connectivity index (χ1) is 10.8. The van der Waals surface area contributed by atoms with Gasteiger partial charge in [-0.05, 0) is 34.2 Å². The molecule has 0 aromatic heterocycles. The summed E-state index contributed by atoms with van der Waals surface area (Å²) < 4.78 is 0. The topological polar surface area (TPSA) is 27.1 Å². The summed E-state index contributed by atoms with van der Waals surface area (Å²) in [6.07, 6.45) is 8.54. The van der Waals surface area contributed by atoms with Gasteiger partial charge in [0, 0.05) is 11.0 Å². The quantitative estimate of drug-likeness (QED) is 0.804. The largest absolute Gasteiger partial charge is 0.321 e. The SMILES string of the molecule is Cl.N=C1C2=C3C=CC=C3C=C2CN1c1cccc2ccccc12. The second-order valence-electron chi connectivity index (χ2n) is 5.87. The van der Waals surface area contributed by atoms with Gasteiger partial charge in [0.2, 0.25) is 0 Å². The zero-order valence-electron chi connectivity index (χ0n) is 12.4. The fraction of sp³-hybridized carbons (Fsp3) is 0.0500. The number of anilines is 1. The molecule has 1 heterocycles. The molecule has 112 valence electrons. The van der Waals surface area contributed by atoms with Gasteiger partial charge in [-0.15, -0.1) is 12.4 Å². The van der Waals surface area contributed by atoms with Crippen LogP contribution in [0.4, 0.5) is 5.69 Å². The second-order valence-corrected chi connectivity index (χ2v) is 5.87. The summed E-state index contributed by atoms with van der Waals surface area (Å²) in [5.74, 6) is 0.618. The molecule has 0 bridgehead atoms. The van der Waals surface area contributed by atoms with Crippen molar-refractivity contribution >= 4 is 34.7 Å². The van der Waals surface area contributed by atoms with E-state index < -0.39 is 0 Å². The molecule has 23 heavy (non-hydrogen) atoms. The molecule has 2 aliphatic carbocycles. The van der Waals surface area contributed by atoms with Crippen LogP contribution in [0, 0.1) is 5.41 Å². The van der Waals surface area contributed by atoms with E-state index in [0.29, 0.717) is 5.84 Å². The Morgan fingerprint density at radius 2 is 1.83 bits per heavy atom. The zero-order valence-corrected chi connectivity index (χ0v) is 13.2. The fourth-order valence-electron chi connectivity index (χ4n) is 3.66. The number of amidine groups is 1. The Hall–Kier alpha value is -2.58. The van der Waals surface area contributed by atoms with Gasteiger partial charge in [0.1, 0.15) is 5.84 Å². The summed E-state index contributed by atoms with van der Waals surface area (Å²) >= 11 is 0. The highest BCUT2D eigenvalue weighted by atomic mass is 35.5. The molecule has 0 amide bonds. The van der Waals surface area contributed by atoms with Crippen LogP contribution in [-0.4, -0.2) is 12.4 Å². The van der Waals surface area contributed by atoms with Crippen molar-refractivity contribution in [2.75, 3.05) is 11.4 Å². The number of halogens is 1. The molecule has 1 saturated heterocycles. The molecule has 1 N–H and O–H groups in total.